The summed E-state index contributed by atoms with van der Waals surface area (Å²) in [6.45, 7) is 1.18. The number of carbonyl (C=O) groups is 1. The zero-order valence-electron chi connectivity index (χ0n) is 12.2. The summed E-state index contributed by atoms with van der Waals surface area (Å²) in [5.74, 6) is 1.17. The van der Waals surface area contributed by atoms with Crippen LogP contribution in [0.2, 0.25) is 0 Å². The Morgan fingerprint density at radius 3 is 2.70 bits per heavy atom. The van der Waals surface area contributed by atoms with Crippen molar-refractivity contribution in [2.45, 2.75) is 6.42 Å². The van der Waals surface area contributed by atoms with E-state index in [1.165, 1.54) is 18.4 Å². The third-order valence-corrected chi connectivity index (χ3v) is 3.81. The molecule has 0 spiro atoms. The molecule has 1 aliphatic rings. The minimum Gasteiger partial charge on any atom is -0.508 e. The second-order valence-corrected chi connectivity index (χ2v) is 5.37. The Balaban J connectivity index is 1.74. The van der Waals surface area contributed by atoms with E-state index in [2.05, 4.69) is 0 Å². The number of phenolic OH excluding ortho intramolecular Hbond substituents is 1. The lowest BCUT2D eigenvalue weighted by Crippen LogP contribution is -2.01. The molecule has 2 heterocycles. The number of carbonyl (C=O) groups excluding carboxylic acids is 1. The summed E-state index contributed by atoms with van der Waals surface area (Å²) >= 11 is 0. The van der Waals surface area contributed by atoms with Gasteiger partial charge in [0.25, 0.3) is 0 Å². The molecule has 0 saturated heterocycles. The van der Waals surface area contributed by atoms with Crippen LogP contribution in [-0.2, 0) is 0 Å². The van der Waals surface area contributed by atoms with Crippen LogP contribution >= 0.6 is 0 Å². The number of hydrogen-bond donors (Lipinski definition) is 1. The molecule has 5 nitrogen and oxygen atoms in total. The van der Waals surface area contributed by atoms with E-state index >= 15 is 0 Å². The first kappa shape index (κ1) is 13.7. The Bertz CT molecular complexity index is 894. The number of ether oxygens (including phenoxy) is 2. The van der Waals surface area contributed by atoms with Gasteiger partial charge in [0.15, 0.2) is 17.3 Å². The lowest BCUT2D eigenvalue weighted by Gasteiger charge is -2.08. The Hall–Kier alpha value is -2.95. The Morgan fingerprint density at radius 1 is 1.00 bits per heavy atom. The lowest BCUT2D eigenvalue weighted by molar-refractivity contribution is 0.103. The fraction of sp³-hybridized carbons (Fsp3) is 0.167. The van der Waals surface area contributed by atoms with Crippen LogP contribution in [0.1, 0.15) is 22.3 Å². The predicted octanol–water partition coefficient (Wildman–Crippen LogP) is 3.53. The fourth-order valence-corrected chi connectivity index (χ4v) is 2.65. The number of ketones is 1. The molecule has 0 aliphatic carbocycles. The fourth-order valence-electron chi connectivity index (χ4n) is 2.65. The van der Waals surface area contributed by atoms with Crippen LogP contribution in [0.15, 0.2) is 47.1 Å². The van der Waals surface area contributed by atoms with Crippen molar-refractivity contribution in [1.82, 2.24) is 0 Å². The van der Waals surface area contributed by atoms with Gasteiger partial charge in [-0.3, -0.25) is 4.79 Å². The van der Waals surface area contributed by atoms with Gasteiger partial charge in [-0.2, -0.15) is 0 Å². The molecule has 2 aromatic carbocycles. The molecule has 0 atom stereocenters. The highest BCUT2D eigenvalue weighted by molar-refractivity contribution is 6.16. The van der Waals surface area contributed by atoms with Crippen molar-refractivity contribution in [2.75, 3.05) is 13.2 Å². The summed E-state index contributed by atoms with van der Waals surface area (Å²) < 4.78 is 16.6. The molecule has 1 aromatic heterocycles. The zero-order chi connectivity index (χ0) is 15.8. The van der Waals surface area contributed by atoms with Crippen molar-refractivity contribution in [1.29, 1.82) is 0 Å². The molecule has 4 rings (SSSR count). The Morgan fingerprint density at radius 2 is 1.83 bits per heavy atom. The van der Waals surface area contributed by atoms with Gasteiger partial charge in [0, 0.05) is 23.4 Å². The number of fused-ring (bicyclic) bond motifs is 2. The molecule has 0 radical (unpaired) electrons. The maximum absolute atomic E-state index is 12.8. The van der Waals surface area contributed by atoms with Gasteiger partial charge in [0.2, 0.25) is 0 Å². The highest BCUT2D eigenvalue weighted by Gasteiger charge is 2.19. The second-order valence-electron chi connectivity index (χ2n) is 5.37. The van der Waals surface area contributed by atoms with Gasteiger partial charge in [0.05, 0.1) is 18.8 Å². The second kappa shape index (κ2) is 5.35. The maximum atomic E-state index is 12.8. The van der Waals surface area contributed by atoms with Crippen LogP contribution in [0.3, 0.4) is 0 Å². The monoisotopic (exact) mass is 310 g/mol. The quantitative estimate of drug-likeness (QED) is 0.733. The summed E-state index contributed by atoms with van der Waals surface area (Å²) in [4.78, 5) is 12.8. The number of hydrogen-bond acceptors (Lipinski definition) is 5. The minimum atomic E-state index is -0.162. The molecule has 23 heavy (non-hydrogen) atoms. The summed E-state index contributed by atoms with van der Waals surface area (Å²) in [5.41, 5.74) is 1.43. The smallest absolute Gasteiger partial charge is 0.197 e. The summed E-state index contributed by atoms with van der Waals surface area (Å²) in [7, 11) is 0. The zero-order valence-corrected chi connectivity index (χ0v) is 12.2. The number of aromatic hydroxyl groups is 1. The van der Waals surface area contributed by atoms with Crippen molar-refractivity contribution >= 4 is 16.8 Å². The first-order valence-corrected chi connectivity index (χ1v) is 7.37. The van der Waals surface area contributed by atoms with Gasteiger partial charge in [0.1, 0.15) is 17.6 Å². The SMILES string of the molecule is O=C(c1ccc2c(c1)OCCCO2)c1coc2cc(O)ccc12. The lowest BCUT2D eigenvalue weighted by atomic mass is 10.0. The van der Waals surface area contributed by atoms with E-state index in [1.807, 2.05) is 0 Å². The van der Waals surface area contributed by atoms with Gasteiger partial charge in [-0.05, 0) is 30.3 Å². The average Bonchev–Trinajstić information content (AvgIpc) is 2.82. The van der Waals surface area contributed by atoms with Gasteiger partial charge in [-0.15, -0.1) is 0 Å². The van der Waals surface area contributed by atoms with Crippen molar-refractivity contribution < 1.29 is 23.8 Å². The molecule has 116 valence electrons. The normalized spacial score (nSPS) is 13.7. The maximum Gasteiger partial charge on any atom is 0.197 e. The van der Waals surface area contributed by atoms with Crippen LogP contribution in [0, 0.1) is 0 Å². The highest BCUT2D eigenvalue weighted by Crippen LogP contribution is 2.32. The van der Waals surface area contributed by atoms with Gasteiger partial charge < -0.3 is 19.0 Å². The van der Waals surface area contributed by atoms with Crippen LogP contribution in [0.5, 0.6) is 17.2 Å². The minimum absolute atomic E-state index is 0.0985. The molecule has 0 unspecified atom stereocenters. The van der Waals surface area contributed by atoms with Crippen LogP contribution in [0.25, 0.3) is 11.0 Å². The van der Waals surface area contributed by atoms with Gasteiger partial charge in [-0.1, -0.05) is 0 Å². The van der Waals surface area contributed by atoms with Crippen molar-refractivity contribution in [3.05, 3.63) is 53.8 Å². The van der Waals surface area contributed by atoms with E-state index in [-0.39, 0.29) is 11.5 Å². The van der Waals surface area contributed by atoms with Crippen molar-refractivity contribution in [3.8, 4) is 17.2 Å². The Kier molecular flexibility index (Phi) is 3.19. The summed E-state index contributed by atoms with van der Waals surface area (Å²) in [6.07, 6.45) is 2.23. The molecule has 0 amide bonds. The molecule has 0 fully saturated rings. The highest BCUT2D eigenvalue weighted by atomic mass is 16.5. The number of rotatable bonds is 2. The molecule has 1 N–H and O–H groups in total. The Labute approximate surface area is 132 Å². The molecule has 5 heteroatoms. The van der Waals surface area contributed by atoms with Gasteiger partial charge in [-0.25, -0.2) is 0 Å². The topological polar surface area (TPSA) is 68.9 Å². The van der Waals surface area contributed by atoms with Crippen LogP contribution in [0.4, 0.5) is 0 Å². The van der Waals surface area contributed by atoms with Crippen molar-refractivity contribution in [3.63, 3.8) is 0 Å². The predicted molar refractivity (Wildman–Crippen MR) is 83.4 cm³/mol. The molecule has 1 aliphatic heterocycles. The number of furan rings is 1. The standard InChI is InChI=1S/C18H14O5/c19-12-3-4-13-14(10-23-16(13)9-12)18(20)11-2-5-15-17(8-11)22-7-1-6-21-15/h2-5,8-10,19H,1,6-7H2. The number of benzene rings is 2. The van der Waals surface area contributed by atoms with E-state index in [9.17, 15) is 9.90 Å². The molecular weight excluding hydrogens is 296 g/mol. The first-order valence-electron chi connectivity index (χ1n) is 7.37. The van der Waals surface area contributed by atoms with Gasteiger partial charge >= 0.3 is 0 Å². The summed E-state index contributed by atoms with van der Waals surface area (Å²) in [6, 6.07) is 9.85. The van der Waals surface area contributed by atoms with Crippen molar-refractivity contribution in [2.24, 2.45) is 0 Å². The van der Waals surface area contributed by atoms with E-state index in [0.29, 0.717) is 46.8 Å². The molecule has 3 aromatic rings. The largest absolute Gasteiger partial charge is 0.508 e. The number of phenols is 1. The van der Waals surface area contributed by atoms with Crippen LogP contribution in [-0.4, -0.2) is 24.1 Å². The van der Waals surface area contributed by atoms with E-state index in [1.54, 1.807) is 24.3 Å². The molecule has 0 saturated carbocycles. The molecular formula is C18H14O5. The average molecular weight is 310 g/mol. The molecule has 0 bridgehead atoms. The van der Waals surface area contributed by atoms with Crippen LogP contribution < -0.4 is 9.47 Å². The third kappa shape index (κ3) is 2.40. The third-order valence-electron chi connectivity index (χ3n) is 3.81. The summed E-state index contributed by atoms with van der Waals surface area (Å²) in [5, 5.41) is 10.1. The van der Waals surface area contributed by atoms with E-state index < -0.39 is 0 Å². The van der Waals surface area contributed by atoms with E-state index in [4.69, 9.17) is 13.9 Å². The first-order chi connectivity index (χ1) is 11.2. The van der Waals surface area contributed by atoms with E-state index in [0.717, 1.165) is 6.42 Å².